The number of nitrogens with zero attached hydrogens (tertiary/aromatic N) is 1. The van der Waals surface area contributed by atoms with E-state index in [0.717, 1.165) is 22.4 Å². The first kappa shape index (κ1) is 24.4. The van der Waals surface area contributed by atoms with Gasteiger partial charge in [-0.15, -0.1) is 0 Å². The number of carbonyl (C=O) groups excluding carboxylic acids is 1. The number of amides is 1. The lowest BCUT2D eigenvalue weighted by Crippen LogP contribution is -2.31. The molecule has 5 rings (SSSR count). The molecule has 1 N–H and O–H groups in total. The van der Waals surface area contributed by atoms with Gasteiger partial charge in [0.15, 0.2) is 16.9 Å². The molecule has 0 unspecified atom stereocenters. The van der Waals surface area contributed by atoms with Gasteiger partial charge in [0.1, 0.15) is 11.3 Å². The lowest BCUT2D eigenvalue weighted by molar-refractivity contribution is 0.0729. The average molecular weight is 500 g/mol. The lowest BCUT2D eigenvalue weighted by atomic mass is 9.97. The van der Waals surface area contributed by atoms with E-state index in [1.54, 1.807) is 30.2 Å². The fourth-order valence-electron chi connectivity index (χ4n) is 5.07. The first-order chi connectivity index (χ1) is 17.8. The number of carbonyl (C=O) groups is 1. The van der Waals surface area contributed by atoms with Crippen LogP contribution in [0.15, 0.2) is 63.8 Å². The zero-order chi connectivity index (χ0) is 26.3. The molecule has 3 aromatic carbocycles. The summed E-state index contributed by atoms with van der Waals surface area (Å²) < 4.78 is 17.0. The summed E-state index contributed by atoms with van der Waals surface area (Å²) in [5, 5.41) is 10.7. The van der Waals surface area contributed by atoms with Crippen molar-refractivity contribution < 1.29 is 23.8 Å². The van der Waals surface area contributed by atoms with Gasteiger partial charge in [-0.1, -0.05) is 24.3 Å². The predicted molar refractivity (Wildman–Crippen MR) is 141 cm³/mol. The molecular formula is C30H29NO6. The van der Waals surface area contributed by atoms with Crippen molar-refractivity contribution in [3.05, 3.63) is 98.4 Å². The van der Waals surface area contributed by atoms with Crippen LogP contribution in [0, 0.1) is 13.8 Å². The van der Waals surface area contributed by atoms with Crippen molar-refractivity contribution in [3.63, 3.8) is 0 Å². The molecule has 4 aromatic rings. The molecule has 7 heteroatoms. The number of phenolic OH excluding ortho intramolecular Hbond substituents is 1. The minimum absolute atomic E-state index is 0.00303. The zero-order valence-corrected chi connectivity index (χ0v) is 21.3. The van der Waals surface area contributed by atoms with Crippen molar-refractivity contribution in [1.29, 1.82) is 0 Å². The van der Waals surface area contributed by atoms with Crippen molar-refractivity contribution in [2.75, 3.05) is 20.3 Å². The van der Waals surface area contributed by atoms with Crippen molar-refractivity contribution in [2.24, 2.45) is 0 Å². The van der Waals surface area contributed by atoms with E-state index in [9.17, 15) is 14.7 Å². The molecule has 0 radical (unpaired) electrons. The number of methoxy groups -OCH3 is 1. The molecule has 0 saturated heterocycles. The third-order valence-electron chi connectivity index (χ3n) is 6.80. The van der Waals surface area contributed by atoms with Crippen LogP contribution in [-0.2, 0) is 6.42 Å². The maximum absolute atomic E-state index is 13.9. The quantitative estimate of drug-likeness (QED) is 0.371. The zero-order valence-electron chi connectivity index (χ0n) is 21.3. The summed E-state index contributed by atoms with van der Waals surface area (Å²) in [6.45, 7) is 6.35. The Morgan fingerprint density at radius 2 is 1.78 bits per heavy atom. The monoisotopic (exact) mass is 499 g/mol. The number of aromatic hydroxyl groups is 1. The Labute approximate surface area is 214 Å². The molecule has 37 heavy (non-hydrogen) atoms. The number of fused-ring (bicyclic) bond motifs is 2. The van der Waals surface area contributed by atoms with Gasteiger partial charge in [-0.05, 0) is 79.8 Å². The molecule has 1 aliphatic heterocycles. The Hall–Kier alpha value is -4.26. The largest absolute Gasteiger partial charge is 0.504 e. The van der Waals surface area contributed by atoms with Crippen LogP contribution < -0.4 is 14.9 Å². The molecule has 190 valence electrons. The maximum atomic E-state index is 13.9. The number of benzene rings is 3. The SMILES string of the molecule is CCOc1cc([C@H]2c3c(oc4c(C)cc(C)cc4c3=O)C(=O)N2CCc2ccc(OC)cc2)ccc1O. The van der Waals surface area contributed by atoms with Crippen LogP contribution in [-0.4, -0.2) is 36.2 Å². The van der Waals surface area contributed by atoms with Crippen molar-refractivity contribution in [3.8, 4) is 17.2 Å². The molecule has 1 aliphatic rings. The van der Waals surface area contributed by atoms with E-state index in [-0.39, 0.29) is 22.8 Å². The molecule has 1 atom stereocenters. The molecule has 0 aliphatic carbocycles. The number of ether oxygens (including phenoxy) is 2. The van der Waals surface area contributed by atoms with Crippen LogP contribution in [0.1, 0.15) is 51.3 Å². The molecule has 1 aromatic heterocycles. The summed E-state index contributed by atoms with van der Waals surface area (Å²) in [7, 11) is 1.62. The van der Waals surface area contributed by atoms with E-state index < -0.39 is 6.04 Å². The minimum Gasteiger partial charge on any atom is -0.504 e. The fraction of sp³-hybridized carbons (Fsp3) is 0.267. The summed E-state index contributed by atoms with van der Waals surface area (Å²) in [4.78, 5) is 29.3. The maximum Gasteiger partial charge on any atom is 0.290 e. The average Bonchev–Trinajstić information content (AvgIpc) is 3.17. The first-order valence-electron chi connectivity index (χ1n) is 12.3. The Morgan fingerprint density at radius 1 is 1.03 bits per heavy atom. The first-order valence-corrected chi connectivity index (χ1v) is 12.3. The van der Waals surface area contributed by atoms with Gasteiger partial charge in [0, 0.05) is 6.54 Å². The predicted octanol–water partition coefficient (Wildman–Crippen LogP) is 5.31. The van der Waals surface area contributed by atoms with Crippen LogP contribution in [0.5, 0.6) is 17.2 Å². The smallest absolute Gasteiger partial charge is 0.290 e. The van der Waals surface area contributed by atoms with E-state index >= 15 is 0 Å². The molecule has 0 fully saturated rings. The number of hydrogen-bond donors (Lipinski definition) is 1. The van der Waals surface area contributed by atoms with Crippen LogP contribution in [0.4, 0.5) is 0 Å². The molecule has 7 nitrogen and oxygen atoms in total. The van der Waals surface area contributed by atoms with Gasteiger partial charge in [-0.25, -0.2) is 0 Å². The normalized spacial score (nSPS) is 14.8. The van der Waals surface area contributed by atoms with Crippen molar-refractivity contribution in [1.82, 2.24) is 4.90 Å². The van der Waals surface area contributed by atoms with Crippen LogP contribution in [0.3, 0.4) is 0 Å². The fourth-order valence-corrected chi connectivity index (χ4v) is 5.07. The van der Waals surface area contributed by atoms with Crippen LogP contribution in [0.25, 0.3) is 11.0 Å². The summed E-state index contributed by atoms with van der Waals surface area (Å²) in [6, 6.07) is 15.7. The highest BCUT2D eigenvalue weighted by atomic mass is 16.5. The van der Waals surface area contributed by atoms with Gasteiger partial charge >= 0.3 is 0 Å². The second kappa shape index (κ2) is 9.65. The van der Waals surface area contributed by atoms with Gasteiger partial charge in [0.2, 0.25) is 5.76 Å². The number of rotatable bonds is 7. The Bertz CT molecular complexity index is 1550. The summed E-state index contributed by atoms with van der Waals surface area (Å²) >= 11 is 0. The summed E-state index contributed by atoms with van der Waals surface area (Å²) in [5.41, 5.74) is 3.96. The van der Waals surface area contributed by atoms with Crippen molar-refractivity contribution in [2.45, 2.75) is 33.2 Å². The molecule has 2 heterocycles. The molecular weight excluding hydrogens is 470 g/mol. The van der Waals surface area contributed by atoms with Gasteiger partial charge < -0.3 is 23.9 Å². The minimum atomic E-state index is -0.679. The number of aryl methyl sites for hydroxylation is 2. The second-order valence-corrected chi connectivity index (χ2v) is 9.29. The molecule has 0 saturated carbocycles. The van der Waals surface area contributed by atoms with Gasteiger partial charge in [-0.2, -0.15) is 0 Å². The van der Waals surface area contributed by atoms with Crippen LogP contribution >= 0.6 is 0 Å². The summed E-state index contributed by atoms with van der Waals surface area (Å²) in [6.07, 6.45) is 0.572. The highest BCUT2D eigenvalue weighted by molar-refractivity contribution is 5.99. The Morgan fingerprint density at radius 3 is 2.49 bits per heavy atom. The Balaban J connectivity index is 1.64. The summed E-state index contributed by atoms with van der Waals surface area (Å²) in [5.74, 6) is 0.782. The van der Waals surface area contributed by atoms with Gasteiger partial charge in [0.25, 0.3) is 5.91 Å². The van der Waals surface area contributed by atoms with E-state index in [0.29, 0.717) is 47.4 Å². The van der Waals surface area contributed by atoms with E-state index in [1.165, 1.54) is 6.07 Å². The topological polar surface area (TPSA) is 89.2 Å². The van der Waals surface area contributed by atoms with Crippen molar-refractivity contribution >= 4 is 16.9 Å². The lowest BCUT2D eigenvalue weighted by Gasteiger charge is -2.25. The Kier molecular flexibility index (Phi) is 6.38. The molecule has 0 spiro atoms. The van der Waals surface area contributed by atoms with E-state index in [1.807, 2.05) is 51.1 Å². The van der Waals surface area contributed by atoms with E-state index in [4.69, 9.17) is 13.9 Å². The molecule has 1 amide bonds. The third kappa shape index (κ3) is 4.31. The number of phenols is 1. The third-order valence-corrected chi connectivity index (χ3v) is 6.80. The standard InChI is InChI=1S/C30H29NO6/c1-5-36-24-16-20(8-11-23(24)32)26-25-27(33)22-15-17(2)14-18(3)28(22)37-29(25)30(34)31(26)13-12-19-6-9-21(35-4)10-7-19/h6-11,14-16,26,32H,5,12-13H2,1-4H3/t26-/m0/s1. The molecule has 0 bridgehead atoms. The van der Waals surface area contributed by atoms with Crippen LogP contribution in [0.2, 0.25) is 0 Å². The second-order valence-electron chi connectivity index (χ2n) is 9.29. The highest BCUT2D eigenvalue weighted by Crippen LogP contribution is 2.41. The number of hydrogen-bond acceptors (Lipinski definition) is 6. The van der Waals surface area contributed by atoms with Gasteiger partial charge in [0.05, 0.1) is 30.7 Å². The van der Waals surface area contributed by atoms with E-state index in [2.05, 4.69) is 0 Å². The highest BCUT2D eigenvalue weighted by Gasteiger charge is 2.43. The van der Waals surface area contributed by atoms with Gasteiger partial charge in [-0.3, -0.25) is 9.59 Å².